The number of carbonyl (C=O) groups is 1. The number of carboxylic acids is 1. The molecule has 1 fully saturated rings. The highest BCUT2D eigenvalue weighted by Crippen LogP contribution is 2.24. The monoisotopic (exact) mass is 297 g/mol. The molecular weight excluding hydrogens is 277 g/mol. The van der Waals surface area contributed by atoms with E-state index in [2.05, 4.69) is 5.32 Å². The third-order valence-corrected chi connectivity index (χ3v) is 4.65. The van der Waals surface area contributed by atoms with E-state index in [1.54, 1.807) is 23.9 Å². The largest absolute Gasteiger partial charge is 0.481 e. The fourth-order valence-corrected chi connectivity index (χ4v) is 3.35. The number of carboxylic acid groups (broad SMARTS) is 1. The van der Waals surface area contributed by atoms with Crippen LogP contribution in [0.3, 0.4) is 0 Å². The second kappa shape index (κ2) is 7.64. The van der Waals surface area contributed by atoms with Crippen molar-refractivity contribution in [1.29, 1.82) is 0 Å². The van der Waals surface area contributed by atoms with Crippen LogP contribution in [0, 0.1) is 11.7 Å². The molecule has 0 spiro atoms. The summed E-state index contributed by atoms with van der Waals surface area (Å²) < 4.78 is 12.8. The summed E-state index contributed by atoms with van der Waals surface area (Å²) in [7, 11) is 0. The van der Waals surface area contributed by atoms with Crippen LogP contribution in [0.4, 0.5) is 4.39 Å². The van der Waals surface area contributed by atoms with Crippen molar-refractivity contribution in [2.45, 2.75) is 36.6 Å². The van der Waals surface area contributed by atoms with Gasteiger partial charge in [-0.25, -0.2) is 4.39 Å². The lowest BCUT2D eigenvalue weighted by Gasteiger charge is -2.27. The molecule has 1 aromatic carbocycles. The van der Waals surface area contributed by atoms with E-state index in [0.717, 1.165) is 42.9 Å². The minimum Gasteiger partial charge on any atom is -0.481 e. The van der Waals surface area contributed by atoms with Crippen molar-refractivity contribution in [2.75, 3.05) is 12.3 Å². The summed E-state index contributed by atoms with van der Waals surface area (Å²) in [4.78, 5) is 12.0. The third kappa shape index (κ3) is 4.80. The van der Waals surface area contributed by atoms with Crippen LogP contribution in [0.2, 0.25) is 0 Å². The van der Waals surface area contributed by atoms with Crippen molar-refractivity contribution in [3.63, 3.8) is 0 Å². The summed E-state index contributed by atoms with van der Waals surface area (Å²) in [5.41, 5.74) is 0. The standard InChI is InChI=1S/C15H20FNO2S/c16-12-4-6-14(7-5-12)20-9-8-17-13-3-1-2-11(10-13)15(18)19/h4-7,11,13,17H,1-3,8-10H2,(H,18,19). The number of benzene rings is 1. The molecule has 2 N–H and O–H groups in total. The second-order valence-electron chi connectivity index (χ2n) is 5.16. The molecule has 0 radical (unpaired) electrons. The highest BCUT2D eigenvalue weighted by atomic mass is 32.2. The number of nitrogens with one attached hydrogen (secondary N) is 1. The maximum Gasteiger partial charge on any atom is 0.306 e. The van der Waals surface area contributed by atoms with Gasteiger partial charge in [-0.3, -0.25) is 4.79 Å². The second-order valence-corrected chi connectivity index (χ2v) is 6.32. The van der Waals surface area contributed by atoms with Crippen LogP contribution in [0.1, 0.15) is 25.7 Å². The fourth-order valence-electron chi connectivity index (χ4n) is 2.56. The van der Waals surface area contributed by atoms with E-state index in [1.807, 2.05) is 0 Å². The summed E-state index contributed by atoms with van der Waals surface area (Å²) in [6.45, 7) is 0.846. The van der Waals surface area contributed by atoms with Crippen LogP contribution in [0.25, 0.3) is 0 Å². The molecule has 0 saturated heterocycles. The van der Waals surface area contributed by atoms with Gasteiger partial charge in [0.15, 0.2) is 0 Å². The number of hydrogen-bond acceptors (Lipinski definition) is 3. The molecule has 5 heteroatoms. The number of aliphatic carboxylic acids is 1. The van der Waals surface area contributed by atoms with Crippen LogP contribution in [-0.4, -0.2) is 29.4 Å². The molecule has 20 heavy (non-hydrogen) atoms. The van der Waals surface area contributed by atoms with Crippen LogP contribution < -0.4 is 5.32 Å². The number of thioether (sulfide) groups is 1. The van der Waals surface area contributed by atoms with Crippen LogP contribution in [-0.2, 0) is 4.79 Å². The quantitative estimate of drug-likeness (QED) is 0.625. The maximum atomic E-state index is 12.8. The molecule has 0 aromatic heterocycles. The van der Waals surface area contributed by atoms with Gasteiger partial charge in [0.25, 0.3) is 0 Å². The fraction of sp³-hybridized carbons (Fsp3) is 0.533. The molecule has 0 aliphatic heterocycles. The number of halogens is 1. The van der Waals surface area contributed by atoms with E-state index >= 15 is 0 Å². The summed E-state index contributed by atoms with van der Waals surface area (Å²) >= 11 is 1.68. The first kappa shape index (κ1) is 15.3. The molecule has 1 saturated carbocycles. The van der Waals surface area contributed by atoms with Gasteiger partial charge in [-0.1, -0.05) is 6.42 Å². The van der Waals surface area contributed by atoms with Crippen LogP contribution >= 0.6 is 11.8 Å². The van der Waals surface area contributed by atoms with E-state index < -0.39 is 5.97 Å². The normalized spacial score (nSPS) is 22.6. The van der Waals surface area contributed by atoms with Crippen molar-refractivity contribution in [2.24, 2.45) is 5.92 Å². The Morgan fingerprint density at radius 3 is 2.80 bits per heavy atom. The minimum absolute atomic E-state index is 0.189. The SMILES string of the molecule is O=C(O)C1CCCC(NCCSc2ccc(F)cc2)C1. The molecule has 0 heterocycles. The molecule has 1 aliphatic carbocycles. The Hall–Kier alpha value is -1.07. The Bertz CT molecular complexity index is 438. The molecule has 1 aliphatic rings. The molecule has 0 amide bonds. The Balaban J connectivity index is 1.65. The first-order valence-electron chi connectivity index (χ1n) is 6.99. The summed E-state index contributed by atoms with van der Waals surface area (Å²) in [6, 6.07) is 6.81. The highest BCUT2D eigenvalue weighted by molar-refractivity contribution is 7.99. The third-order valence-electron chi connectivity index (χ3n) is 3.64. The Labute approximate surface area is 123 Å². The first-order valence-corrected chi connectivity index (χ1v) is 7.98. The Morgan fingerprint density at radius 1 is 1.35 bits per heavy atom. The minimum atomic E-state index is -0.669. The van der Waals surface area contributed by atoms with Crippen molar-refractivity contribution in [3.05, 3.63) is 30.1 Å². The van der Waals surface area contributed by atoms with E-state index in [0.29, 0.717) is 6.04 Å². The lowest BCUT2D eigenvalue weighted by molar-refractivity contribution is -0.143. The summed E-state index contributed by atoms with van der Waals surface area (Å²) in [5.74, 6) is -0.169. The van der Waals surface area contributed by atoms with Crippen molar-refractivity contribution in [1.82, 2.24) is 5.32 Å². The van der Waals surface area contributed by atoms with Gasteiger partial charge in [0, 0.05) is 23.2 Å². The predicted octanol–water partition coefficient (Wildman–Crippen LogP) is 3.15. The smallest absolute Gasteiger partial charge is 0.306 e. The van der Waals surface area contributed by atoms with E-state index in [-0.39, 0.29) is 11.7 Å². The van der Waals surface area contributed by atoms with Gasteiger partial charge in [0.2, 0.25) is 0 Å². The number of hydrogen-bond donors (Lipinski definition) is 2. The van der Waals surface area contributed by atoms with Gasteiger partial charge in [-0.15, -0.1) is 11.8 Å². The van der Waals surface area contributed by atoms with Crippen LogP contribution in [0.15, 0.2) is 29.2 Å². The summed E-state index contributed by atoms with van der Waals surface area (Å²) in [6.07, 6.45) is 3.58. The molecule has 3 nitrogen and oxygen atoms in total. The Morgan fingerprint density at radius 2 is 2.10 bits per heavy atom. The van der Waals surface area contributed by atoms with E-state index in [1.165, 1.54) is 12.1 Å². The average molecular weight is 297 g/mol. The van der Waals surface area contributed by atoms with Gasteiger partial charge in [0.1, 0.15) is 5.82 Å². The lowest BCUT2D eigenvalue weighted by Crippen LogP contribution is -2.37. The molecule has 2 atom stereocenters. The maximum absolute atomic E-state index is 12.8. The summed E-state index contributed by atoms with van der Waals surface area (Å²) in [5, 5.41) is 12.5. The molecular formula is C15H20FNO2S. The van der Waals surface area contributed by atoms with Gasteiger partial charge >= 0.3 is 5.97 Å². The van der Waals surface area contributed by atoms with E-state index in [9.17, 15) is 9.18 Å². The predicted molar refractivity (Wildman–Crippen MR) is 78.5 cm³/mol. The zero-order valence-electron chi connectivity index (χ0n) is 11.3. The van der Waals surface area contributed by atoms with Crippen molar-refractivity contribution in [3.8, 4) is 0 Å². The number of rotatable bonds is 6. The van der Waals surface area contributed by atoms with Gasteiger partial charge in [-0.05, 0) is 43.5 Å². The molecule has 2 unspecified atom stereocenters. The van der Waals surface area contributed by atoms with Gasteiger partial charge in [0.05, 0.1) is 5.92 Å². The topological polar surface area (TPSA) is 49.3 Å². The lowest BCUT2D eigenvalue weighted by atomic mass is 9.86. The van der Waals surface area contributed by atoms with Gasteiger partial charge < -0.3 is 10.4 Å². The molecule has 110 valence electrons. The highest BCUT2D eigenvalue weighted by Gasteiger charge is 2.26. The molecule has 0 bridgehead atoms. The molecule has 1 aromatic rings. The first-order chi connectivity index (χ1) is 9.65. The Kier molecular flexibility index (Phi) is 5.86. The zero-order chi connectivity index (χ0) is 14.4. The van der Waals surface area contributed by atoms with Gasteiger partial charge in [-0.2, -0.15) is 0 Å². The van der Waals surface area contributed by atoms with E-state index in [4.69, 9.17) is 5.11 Å². The van der Waals surface area contributed by atoms with Crippen molar-refractivity contribution < 1.29 is 14.3 Å². The van der Waals surface area contributed by atoms with Crippen molar-refractivity contribution >= 4 is 17.7 Å². The average Bonchev–Trinajstić information content (AvgIpc) is 2.46. The van der Waals surface area contributed by atoms with Crippen LogP contribution in [0.5, 0.6) is 0 Å². The zero-order valence-corrected chi connectivity index (χ0v) is 12.2. The molecule has 2 rings (SSSR count).